The molecule has 45 heavy (non-hydrogen) atoms. The highest BCUT2D eigenvalue weighted by molar-refractivity contribution is 6.78. The van der Waals surface area contributed by atoms with Gasteiger partial charge in [0.05, 0.1) is 18.8 Å². The topological polar surface area (TPSA) is 54.0 Å². The molecule has 1 saturated carbocycles. The van der Waals surface area contributed by atoms with Crippen molar-refractivity contribution in [2.75, 3.05) is 6.61 Å². The van der Waals surface area contributed by atoms with Crippen LogP contribution in [-0.4, -0.2) is 61.3 Å². The molecule has 266 valence electrons. The summed E-state index contributed by atoms with van der Waals surface area (Å²) in [6, 6.07) is 0. The first-order chi connectivity index (χ1) is 20.6. The van der Waals surface area contributed by atoms with Gasteiger partial charge in [0.1, 0.15) is 11.7 Å². The first kappa shape index (κ1) is 41.3. The second kappa shape index (κ2) is 15.8. The molecule has 1 saturated heterocycles. The molecule has 1 spiro atoms. The van der Waals surface area contributed by atoms with Crippen molar-refractivity contribution in [2.45, 2.75) is 224 Å². The molecule has 0 aromatic rings. The zero-order valence-electron chi connectivity index (χ0n) is 33.0. The Hall–Kier alpha value is 0.161. The van der Waals surface area contributed by atoms with Gasteiger partial charge in [0.15, 0.2) is 14.1 Å². The molecule has 0 aromatic heterocycles. The first-order valence-corrected chi connectivity index (χ1v) is 25.2. The summed E-state index contributed by atoms with van der Waals surface area (Å²) < 4.78 is 30.1. The lowest BCUT2D eigenvalue weighted by atomic mass is 9.86. The maximum atomic E-state index is 13.8. The number of rotatable bonds is 16. The van der Waals surface area contributed by atoms with E-state index < -0.39 is 30.6 Å². The standard InChI is InChI=1S/C37H76O5Si3/c1-24(2)43(25(3)4,26(5)6)39-23-34-36(42-45(30(13)14,31(15)16)32(17)18)33(22-37(40-34)21-19-20-35(37)38)41-44(27(7)8,28(9)10)29(11)12/h24-34,36H,19-23H2,1-18H3/t33-,34-,36+,37-/m1/s1. The average Bonchev–Trinajstić information content (AvgIpc) is 3.23. The van der Waals surface area contributed by atoms with Crippen LogP contribution >= 0.6 is 0 Å². The average molecular weight is 685 g/mol. The molecule has 0 unspecified atom stereocenters. The van der Waals surface area contributed by atoms with E-state index in [9.17, 15) is 4.79 Å². The molecule has 1 aliphatic heterocycles. The minimum Gasteiger partial charge on any atom is -0.413 e. The van der Waals surface area contributed by atoms with E-state index in [4.69, 9.17) is 18.0 Å². The van der Waals surface area contributed by atoms with E-state index in [1.54, 1.807) is 0 Å². The van der Waals surface area contributed by atoms with Crippen molar-refractivity contribution in [1.82, 2.24) is 0 Å². The van der Waals surface area contributed by atoms with Gasteiger partial charge in [0, 0.05) is 12.8 Å². The lowest BCUT2D eigenvalue weighted by molar-refractivity contribution is -0.211. The molecule has 2 aliphatic rings. The predicted molar refractivity (Wildman–Crippen MR) is 200 cm³/mol. The number of carbonyl (C=O) groups is 1. The smallest absolute Gasteiger partial charge is 0.201 e. The van der Waals surface area contributed by atoms with Gasteiger partial charge in [0.2, 0.25) is 16.6 Å². The van der Waals surface area contributed by atoms with Crippen LogP contribution in [0, 0.1) is 0 Å². The van der Waals surface area contributed by atoms with Crippen LogP contribution in [0.3, 0.4) is 0 Å². The van der Waals surface area contributed by atoms with Crippen LogP contribution < -0.4 is 0 Å². The molecule has 1 aliphatic carbocycles. The molecule has 8 heteroatoms. The van der Waals surface area contributed by atoms with Gasteiger partial charge in [-0.25, -0.2) is 0 Å². The van der Waals surface area contributed by atoms with E-state index in [2.05, 4.69) is 125 Å². The van der Waals surface area contributed by atoms with Crippen LogP contribution in [-0.2, 0) is 22.8 Å². The van der Waals surface area contributed by atoms with Crippen molar-refractivity contribution < 1.29 is 22.8 Å². The molecular weight excluding hydrogens is 609 g/mol. The summed E-state index contributed by atoms with van der Waals surface area (Å²) in [5.74, 6) is 0.255. The Balaban J connectivity index is 2.84. The summed E-state index contributed by atoms with van der Waals surface area (Å²) in [7, 11) is -6.84. The number of carbonyl (C=O) groups excluding carboxylic acids is 1. The number of ether oxygens (including phenoxy) is 1. The minimum atomic E-state index is -2.34. The largest absolute Gasteiger partial charge is 0.413 e. The maximum absolute atomic E-state index is 13.8. The highest BCUT2D eigenvalue weighted by Gasteiger charge is 2.60. The van der Waals surface area contributed by atoms with Gasteiger partial charge >= 0.3 is 0 Å². The molecule has 4 atom stereocenters. The first-order valence-electron chi connectivity index (χ1n) is 18.8. The zero-order valence-corrected chi connectivity index (χ0v) is 36.0. The second-order valence-electron chi connectivity index (χ2n) is 17.6. The van der Waals surface area contributed by atoms with Gasteiger partial charge in [-0.2, -0.15) is 0 Å². The Bertz CT molecular complexity index is 879. The highest BCUT2D eigenvalue weighted by Crippen LogP contribution is 2.51. The van der Waals surface area contributed by atoms with Crippen LogP contribution in [0.2, 0.25) is 49.9 Å². The van der Waals surface area contributed by atoms with Gasteiger partial charge < -0.3 is 18.0 Å². The molecule has 0 radical (unpaired) electrons. The number of Topliss-reactive ketones (excluding diaryl/α,β-unsaturated/α-hetero) is 1. The van der Waals surface area contributed by atoms with E-state index in [1.807, 2.05) is 0 Å². The Labute approximate surface area is 283 Å². The summed E-state index contributed by atoms with van der Waals surface area (Å²) >= 11 is 0. The van der Waals surface area contributed by atoms with Gasteiger partial charge in [-0.15, -0.1) is 0 Å². The molecular formula is C37H76O5Si3. The zero-order chi connectivity index (χ0) is 34.9. The number of hydrogen-bond donors (Lipinski definition) is 0. The fraction of sp³-hybridized carbons (Fsp3) is 0.973. The Morgan fingerprint density at radius 2 is 1.00 bits per heavy atom. The van der Waals surface area contributed by atoms with Crippen molar-refractivity contribution in [3.8, 4) is 0 Å². The van der Waals surface area contributed by atoms with E-state index in [1.165, 1.54) is 0 Å². The Morgan fingerprint density at radius 3 is 1.33 bits per heavy atom. The fourth-order valence-corrected chi connectivity index (χ4v) is 27.4. The lowest BCUT2D eigenvalue weighted by Gasteiger charge is -2.55. The molecule has 0 N–H and O–H groups in total. The Kier molecular flexibility index (Phi) is 14.5. The van der Waals surface area contributed by atoms with Crippen LogP contribution in [0.15, 0.2) is 0 Å². The summed E-state index contributed by atoms with van der Waals surface area (Å²) in [6.45, 7) is 42.9. The lowest BCUT2D eigenvalue weighted by Crippen LogP contribution is -2.66. The van der Waals surface area contributed by atoms with Gasteiger partial charge in [-0.05, 0) is 62.7 Å². The SMILES string of the molecule is CC(C)[Si](OC[C@H]1O[C@]2(CCCC2=O)C[C@@H](O[Si](C(C)C)(C(C)C)C(C)C)[C@@H]1O[Si](C(C)C)(C(C)C)C(C)C)(C(C)C)C(C)C. The van der Waals surface area contributed by atoms with Crippen molar-refractivity contribution in [1.29, 1.82) is 0 Å². The molecule has 0 aromatic carbocycles. The van der Waals surface area contributed by atoms with Crippen LogP contribution in [0.25, 0.3) is 0 Å². The third-order valence-electron chi connectivity index (χ3n) is 12.4. The molecule has 1 heterocycles. The normalized spacial score (nSPS) is 25.8. The molecule has 2 fully saturated rings. The van der Waals surface area contributed by atoms with Crippen LogP contribution in [0.4, 0.5) is 0 Å². The summed E-state index contributed by atoms with van der Waals surface area (Å²) in [5.41, 5.74) is 3.22. The minimum absolute atomic E-state index is 0.190. The quantitative estimate of drug-likeness (QED) is 0.151. The Morgan fingerprint density at radius 1 is 0.622 bits per heavy atom. The summed E-state index contributed by atoms with van der Waals surface area (Å²) in [5, 5.41) is 0. The number of ketones is 1. The summed E-state index contributed by atoms with van der Waals surface area (Å²) in [6.07, 6.45) is 2.07. The van der Waals surface area contributed by atoms with E-state index in [-0.39, 0.29) is 24.1 Å². The highest BCUT2D eigenvalue weighted by atomic mass is 28.4. The third kappa shape index (κ3) is 7.67. The number of hydrogen-bond acceptors (Lipinski definition) is 5. The van der Waals surface area contributed by atoms with Crippen molar-refractivity contribution in [2.24, 2.45) is 0 Å². The van der Waals surface area contributed by atoms with E-state index in [0.717, 1.165) is 12.8 Å². The van der Waals surface area contributed by atoms with E-state index in [0.29, 0.717) is 69.3 Å². The third-order valence-corrected chi connectivity index (χ3v) is 30.7. The maximum Gasteiger partial charge on any atom is 0.201 e. The molecule has 0 bridgehead atoms. The van der Waals surface area contributed by atoms with Gasteiger partial charge in [0.25, 0.3) is 0 Å². The van der Waals surface area contributed by atoms with Crippen molar-refractivity contribution in [3.63, 3.8) is 0 Å². The van der Waals surface area contributed by atoms with Crippen molar-refractivity contribution >= 4 is 30.7 Å². The van der Waals surface area contributed by atoms with Gasteiger partial charge in [-0.1, -0.05) is 125 Å². The van der Waals surface area contributed by atoms with Crippen LogP contribution in [0.5, 0.6) is 0 Å². The van der Waals surface area contributed by atoms with E-state index >= 15 is 0 Å². The molecule has 0 amide bonds. The monoisotopic (exact) mass is 685 g/mol. The summed E-state index contributed by atoms with van der Waals surface area (Å²) in [4.78, 5) is 13.8. The fourth-order valence-electron chi connectivity index (χ4n) is 10.8. The molecule has 5 nitrogen and oxygen atoms in total. The van der Waals surface area contributed by atoms with Crippen molar-refractivity contribution in [3.05, 3.63) is 0 Å². The predicted octanol–water partition coefficient (Wildman–Crippen LogP) is 11.6. The second-order valence-corrected chi connectivity index (χ2v) is 33.9. The van der Waals surface area contributed by atoms with Crippen LogP contribution in [0.1, 0.15) is 150 Å². The molecule has 2 rings (SSSR count). The van der Waals surface area contributed by atoms with Gasteiger partial charge in [-0.3, -0.25) is 4.79 Å².